The van der Waals surface area contributed by atoms with Crippen molar-refractivity contribution in [2.45, 2.75) is 17.3 Å². The van der Waals surface area contributed by atoms with Crippen molar-refractivity contribution in [3.63, 3.8) is 0 Å². The van der Waals surface area contributed by atoms with Crippen molar-refractivity contribution < 1.29 is 0 Å². The maximum absolute atomic E-state index is 6.74. The molecule has 0 fully saturated rings. The fraction of sp³-hybridized carbons (Fsp3) is 0.280. The van der Waals surface area contributed by atoms with E-state index in [9.17, 15) is 0 Å². The van der Waals surface area contributed by atoms with Gasteiger partial charge in [0.2, 0.25) is 0 Å². The number of rotatable bonds is 10. The second-order valence-electron chi connectivity index (χ2n) is 7.90. The van der Waals surface area contributed by atoms with Crippen molar-refractivity contribution in [2.24, 2.45) is 0 Å². The number of thioether (sulfide) groups is 1. The van der Waals surface area contributed by atoms with Crippen LogP contribution in [0.4, 0.5) is 5.69 Å². The third-order valence-corrected chi connectivity index (χ3v) is 6.80. The van der Waals surface area contributed by atoms with Crippen molar-refractivity contribution in [1.82, 2.24) is 19.9 Å². The lowest BCUT2D eigenvalue weighted by atomic mass is 10.1. The Balaban J connectivity index is 0.00000204. The zero-order valence-electron chi connectivity index (χ0n) is 19.7. The summed E-state index contributed by atoms with van der Waals surface area (Å²) in [5, 5.41) is 1.59. The van der Waals surface area contributed by atoms with Gasteiger partial charge in [-0.05, 0) is 37.2 Å². The van der Waals surface area contributed by atoms with Crippen LogP contribution in [0.1, 0.15) is 11.3 Å². The summed E-state index contributed by atoms with van der Waals surface area (Å²) in [5.74, 6) is 0.664. The Bertz CT molecular complexity index is 1130. The minimum Gasteiger partial charge on any atom is -0.372 e. The molecule has 0 aliphatic rings. The highest BCUT2D eigenvalue weighted by molar-refractivity contribution is 7.98. The first kappa shape index (κ1) is 31.4. The van der Waals surface area contributed by atoms with Gasteiger partial charge in [0, 0.05) is 38.6 Å². The Kier molecular flexibility index (Phi) is 13.8. The number of likely N-dealkylation sites (N-methyl/N-ethyl adjacent to an activating group) is 2. The zero-order chi connectivity index (χ0) is 22.3. The topological polar surface area (TPSA) is 48.1 Å². The van der Waals surface area contributed by atoms with Crippen LogP contribution in [0.3, 0.4) is 0 Å². The van der Waals surface area contributed by atoms with Crippen molar-refractivity contribution in [2.75, 3.05) is 38.6 Å². The first-order valence-electron chi connectivity index (χ1n) is 10.7. The highest BCUT2D eigenvalue weighted by Gasteiger charge is 2.13. The second-order valence-corrected chi connectivity index (χ2v) is 9.24. The standard InChI is InChI=1S/C25H28ClN5S.3ClH/c1-30(15-13-19-8-4-3-5-9-19)16-17-31(2)23-12-14-27-22(24(23)26)18-32-25-28-20-10-6-7-11-21(20)29-25;;;/h3-12,14H,13,15-18H2,1-2H3,(H,28,29);3*1H. The van der Waals surface area contributed by atoms with Crippen LogP contribution in [0.2, 0.25) is 5.02 Å². The Hall–Kier alpha value is -1.67. The summed E-state index contributed by atoms with van der Waals surface area (Å²) in [5.41, 5.74) is 5.27. The highest BCUT2D eigenvalue weighted by atomic mass is 35.5. The third kappa shape index (κ3) is 8.74. The molecule has 0 atom stereocenters. The summed E-state index contributed by atoms with van der Waals surface area (Å²) >= 11 is 8.36. The van der Waals surface area contributed by atoms with Crippen LogP contribution in [0.5, 0.6) is 0 Å². The number of nitrogens with zero attached hydrogens (tertiary/aromatic N) is 4. The monoisotopic (exact) mass is 573 g/mol. The molecular weight excluding hydrogens is 544 g/mol. The number of anilines is 1. The molecule has 0 aliphatic heterocycles. The highest BCUT2D eigenvalue weighted by Crippen LogP contribution is 2.31. The van der Waals surface area contributed by atoms with Gasteiger partial charge < -0.3 is 14.8 Å². The van der Waals surface area contributed by atoms with Crippen LogP contribution in [-0.2, 0) is 12.2 Å². The quantitative estimate of drug-likeness (QED) is 0.211. The molecule has 0 bridgehead atoms. The second kappa shape index (κ2) is 15.4. The van der Waals surface area contributed by atoms with E-state index in [1.54, 1.807) is 11.8 Å². The lowest BCUT2D eigenvalue weighted by Gasteiger charge is -2.25. The van der Waals surface area contributed by atoms with E-state index in [4.69, 9.17) is 11.6 Å². The molecule has 4 rings (SSSR count). The largest absolute Gasteiger partial charge is 0.372 e. The summed E-state index contributed by atoms with van der Waals surface area (Å²) in [6.45, 7) is 2.89. The lowest BCUT2D eigenvalue weighted by Crippen LogP contribution is -2.32. The molecule has 190 valence electrons. The van der Waals surface area contributed by atoms with Crippen LogP contribution < -0.4 is 4.90 Å². The van der Waals surface area contributed by atoms with E-state index in [1.165, 1.54) is 5.56 Å². The van der Waals surface area contributed by atoms with E-state index in [0.29, 0.717) is 10.8 Å². The van der Waals surface area contributed by atoms with Crippen LogP contribution in [0.15, 0.2) is 72.0 Å². The van der Waals surface area contributed by atoms with E-state index in [1.807, 2.05) is 36.5 Å². The van der Waals surface area contributed by atoms with Crippen LogP contribution >= 0.6 is 60.6 Å². The molecule has 5 nitrogen and oxygen atoms in total. The number of aromatic nitrogens is 3. The van der Waals surface area contributed by atoms with Crippen molar-refractivity contribution >= 4 is 77.3 Å². The molecule has 0 radical (unpaired) electrons. The van der Waals surface area contributed by atoms with Gasteiger partial charge in [0.15, 0.2) is 5.16 Å². The van der Waals surface area contributed by atoms with Crippen LogP contribution in [0.25, 0.3) is 11.0 Å². The van der Waals surface area contributed by atoms with E-state index in [0.717, 1.165) is 53.6 Å². The molecular formula is C25H31Cl4N5S. The average Bonchev–Trinajstić information content (AvgIpc) is 3.24. The first-order valence-corrected chi connectivity index (χ1v) is 12.1. The SMILES string of the molecule is CN(CCc1ccccc1)CCN(C)c1ccnc(CSc2nc3ccccc3[nH]2)c1Cl.Cl.Cl.Cl. The van der Waals surface area contributed by atoms with Gasteiger partial charge in [-0.2, -0.15) is 0 Å². The van der Waals surface area contributed by atoms with E-state index >= 15 is 0 Å². The maximum atomic E-state index is 6.74. The van der Waals surface area contributed by atoms with Crippen molar-refractivity contribution in [3.8, 4) is 0 Å². The number of imidazole rings is 1. The number of halogens is 4. The van der Waals surface area contributed by atoms with Gasteiger partial charge in [-0.3, -0.25) is 4.98 Å². The number of nitrogens with one attached hydrogen (secondary N) is 1. The number of hydrogen-bond donors (Lipinski definition) is 1. The molecule has 1 N–H and O–H groups in total. The molecule has 0 spiro atoms. The van der Waals surface area contributed by atoms with Crippen LogP contribution in [-0.4, -0.2) is 53.6 Å². The number of pyridine rings is 1. The molecule has 0 saturated carbocycles. The molecule has 4 aromatic rings. The first-order chi connectivity index (χ1) is 15.6. The summed E-state index contributed by atoms with van der Waals surface area (Å²) in [6, 6.07) is 20.6. The molecule has 10 heteroatoms. The Morgan fingerprint density at radius 1 is 0.886 bits per heavy atom. The lowest BCUT2D eigenvalue weighted by molar-refractivity contribution is 0.346. The minimum atomic E-state index is 0. The van der Waals surface area contributed by atoms with Gasteiger partial charge in [-0.15, -0.1) is 37.2 Å². The molecule has 2 aromatic heterocycles. The zero-order valence-corrected chi connectivity index (χ0v) is 23.7. The number of H-pyrrole nitrogens is 1. The van der Waals surface area contributed by atoms with Crippen molar-refractivity contribution in [3.05, 3.63) is 83.1 Å². The smallest absolute Gasteiger partial charge is 0.166 e. The molecule has 0 unspecified atom stereocenters. The molecule has 0 amide bonds. The van der Waals surface area contributed by atoms with E-state index in [2.05, 4.69) is 69.2 Å². The summed E-state index contributed by atoms with van der Waals surface area (Å²) in [6.07, 6.45) is 2.89. The minimum absolute atomic E-state index is 0. The number of benzene rings is 2. The summed E-state index contributed by atoms with van der Waals surface area (Å²) in [7, 11) is 4.25. The number of fused-ring (bicyclic) bond motifs is 1. The van der Waals surface area contributed by atoms with Gasteiger partial charge in [0.05, 0.1) is 27.4 Å². The summed E-state index contributed by atoms with van der Waals surface area (Å²) in [4.78, 5) is 17.0. The molecule has 0 aliphatic carbocycles. The fourth-order valence-corrected chi connectivity index (χ4v) is 4.76. The van der Waals surface area contributed by atoms with Gasteiger partial charge in [-0.25, -0.2) is 4.98 Å². The Morgan fingerprint density at radius 2 is 1.60 bits per heavy atom. The van der Waals surface area contributed by atoms with Crippen molar-refractivity contribution in [1.29, 1.82) is 0 Å². The third-order valence-electron chi connectivity index (χ3n) is 5.51. The Morgan fingerprint density at radius 3 is 2.34 bits per heavy atom. The van der Waals surface area contributed by atoms with Crippen LogP contribution in [0, 0.1) is 0 Å². The molecule has 0 saturated heterocycles. The van der Waals surface area contributed by atoms with Gasteiger partial charge in [0.1, 0.15) is 0 Å². The van der Waals surface area contributed by atoms with Gasteiger partial charge in [-0.1, -0.05) is 65.8 Å². The fourth-order valence-electron chi connectivity index (χ4n) is 3.52. The summed E-state index contributed by atoms with van der Waals surface area (Å²) < 4.78 is 0. The number of para-hydroxylation sites is 2. The van der Waals surface area contributed by atoms with Gasteiger partial charge in [0.25, 0.3) is 0 Å². The number of hydrogen-bond acceptors (Lipinski definition) is 5. The van der Waals surface area contributed by atoms with Gasteiger partial charge >= 0.3 is 0 Å². The maximum Gasteiger partial charge on any atom is 0.166 e. The van der Waals surface area contributed by atoms with E-state index in [-0.39, 0.29) is 37.2 Å². The van der Waals surface area contributed by atoms with E-state index < -0.39 is 0 Å². The predicted octanol–water partition coefficient (Wildman–Crippen LogP) is 6.78. The average molecular weight is 575 g/mol. The normalized spacial score (nSPS) is 10.4. The number of aromatic amines is 1. The Labute approximate surface area is 235 Å². The molecule has 35 heavy (non-hydrogen) atoms. The molecule has 2 heterocycles. The molecule has 2 aromatic carbocycles. The predicted molar refractivity (Wildman–Crippen MR) is 158 cm³/mol.